The predicted octanol–water partition coefficient (Wildman–Crippen LogP) is 3.33. The Bertz CT molecular complexity index is 564. The molecular formula is C15H17NO2. The van der Waals surface area contributed by atoms with E-state index in [9.17, 15) is 10.2 Å². The second-order valence-electron chi connectivity index (χ2n) is 4.48. The molecule has 0 fully saturated rings. The van der Waals surface area contributed by atoms with Crippen molar-refractivity contribution in [3.63, 3.8) is 0 Å². The summed E-state index contributed by atoms with van der Waals surface area (Å²) in [7, 11) is 0. The number of phenols is 2. The van der Waals surface area contributed by atoms with Gasteiger partial charge in [0.25, 0.3) is 0 Å². The summed E-state index contributed by atoms with van der Waals surface area (Å²) in [5.74, 6) is 0.177. The van der Waals surface area contributed by atoms with Gasteiger partial charge in [0.05, 0.1) is 0 Å². The quantitative estimate of drug-likeness (QED) is 0.775. The number of benzene rings is 2. The highest BCUT2D eigenvalue weighted by Gasteiger charge is 2.03. The predicted molar refractivity (Wildman–Crippen MR) is 73.0 cm³/mol. The third-order valence-corrected chi connectivity index (χ3v) is 2.93. The monoisotopic (exact) mass is 243 g/mol. The molecule has 0 amide bonds. The lowest BCUT2D eigenvalue weighted by Gasteiger charge is -2.11. The van der Waals surface area contributed by atoms with Crippen molar-refractivity contribution >= 4 is 5.69 Å². The molecule has 0 saturated carbocycles. The molecule has 0 unspecified atom stereocenters. The minimum atomic E-state index is 0.0722. The molecule has 0 aliphatic carbocycles. The van der Waals surface area contributed by atoms with E-state index in [-0.39, 0.29) is 11.5 Å². The van der Waals surface area contributed by atoms with E-state index in [0.29, 0.717) is 6.54 Å². The average molecular weight is 243 g/mol. The first kappa shape index (κ1) is 12.3. The molecule has 0 atom stereocenters. The van der Waals surface area contributed by atoms with Crippen molar-refractivity contribution < 1.29 is 10.2 Å². The van der Waals surface area contributed by atoms with Crippen LogP contribution >= 0.6 is 0 Å². The zero-order chi connectivity index (χ0) is 13.1. The van der Waals surface area contributed by atoms with Crippen LogP contribution in [0.1, 0.15) is 16.7 Å². The lowest BCUT2D eigenvalue weighted by atomic mass is 10.1. The highest BCUT2D eigenvalue weighted by atomic mass is 16.3. The minimum Gasteiger partial charge on any atom is -0.508 e. The summed E-state index contributed by atoms with van der Waals surface area (Å²) in [5, 5.41) is 22.2. The zero-order valence-corrected chi connectivity index (χ0v) is 10.6. The zero-order valence-electron chi connectivity index (χ0n) is 10.6. The molecule has 3 N–H and O–H groups in total. The molecule has 0 saturated heterocycles. The highest BCUT2D eigenvalue weighted by molar-refractivity contribution is 5.53. The SMILES string of the molecule is Cc1ccc(C)c(NCc2ccc(O)cc2O)c1. The van der Waals surface area contributed by atoms with Crippen molar-refractivity contribution in [3.8, 4) is 11.5 Å². The first-order valence-electron chi connectivity index (χ1n) is 5.88. The standard InChI is InChI=1S/C15H17NO2/c1-10-3-4-11(2)14(7-10)16-9-12-5-6-13(17)8-15(12)18/h3-8,16-18H,9H2,1-2H3. The summed E-state index contributed by atoms with van der Waals surface area (Å²) in [4.78, 5) is 0. The molecule has 94 valence electrons. The van der Waals surface area contributed by atoms with Crippen molar-refractivity contribution in [2.45, 2.75) is 20.4 Å². The maximum Gasteiger partial charge on any atom is 0.124 e. The van der Waals surface area contributed by atoms with Gasteiger partial charge in [-0.3, -0.25) is 0 Å². The summed E-state index contributed by atoms with van der Waals surface area (Å²) in [6, 6.07) is 10.8. The van der Waals surface area contributed by atoms with Crippen LogP contribution in [0.15, 0.2) is 36.4 Å². The number of aromatic hydroxyl groups is 2. The largest absolute Gasteiger partial charge is 0.508 e. The Morgan fingerprint density at radius 3 is 2.50 bits per heavy atom. The van der Waals surface area contributed by atoms with Crippen LogP contribution in [-0.2, 0) is 6.54 Å². The molecule has 0 aliphatic rings. The van der Waals surface area contributed by atoms with Gasteiger partial charge in [0, 0.05) is 23.9 Å². The molecule has 2 aromatic rings. The summed E-state index contributed by atoms with van der Waals surface area (Å²) in [5.41, 5.74) is 4.17. The van der Waals surface area contributed by atoms with E-state index in [1.165, 1.54) is 17.2 Å². The van der Waals surface area contributed by atoms with Gasteiger partial charge >= 0.3 is 0 Å². The number of anilines is 1. The molecule has 3 heteroatoms. The minimum absolute atomic E-state index is 0.0722. The number of nitrogens with one attached hydrogen (secondary N) is 1. The van der Waals surface area contributed by atoms with Gasteiger partial charge in [-0.15, -0.1) is 0 Å². The maximum absolute atomic E-state index is 9.69. The van der Waals surface area contributed by atoms with Crippen molar-refractivity contribution in [3.05, 3.63) is 53.1 Å². The molecule has 18 heavy (non-hydrogen) atoms. The Hall–Kier alpha value is -2.16. The normalized spacial score (nSPS) is 10.3. The summed E-state index contributed by atoms with van der Waals surface area (Å²) < 4.78 is 0. The number of aryl methyl sites for hydroxylation is 2. The van der Waals surface area contributed by atoms with Crippen molar-refractivity contribution in [2.75, 3.05) is 5.32 Å². The molecular weight excluding hydrogens is 226 g/mol. The number of hydrogen-bond donors (Lipinski definition) is 3. The van der Waals surface area contributed by atoms with E-state index >= 15 is 0 Å². The van der Waals surface area contributed by atoms with E-state index in [4.69, 9.17) is 0 Å². The lowest BCUT2D eigenvalue weighted by molar-refractivity contribution is 0.446. The van der Waals surface area contributed by atoms with E-state index in [1.807, 2.05) is 13.8 Å². The van der Waals surface area contributed by atoms with Gasteiger partial charge in [0.15, 0.2) is 0 Å². The second kappa shape index (κ2) is 5.00. The fourth-order valence-corrected chi connectivity index (χ4v) is 1.82. The van der Waals surface area contributed by atoms with Crippen LogP contribution < -0.4 is 5.32 Å². The van der Waals surface area contributed by atoms with Crippen molar-refractivity contribution in [2.24, 2.45) is 0 Å². The second-order valence-corrected chi connectivity index (χ2v) is 4.48. The topological polar surface area (TPSA) is 52.5 Å². The fourth-order valence-electron chi connectivity index (χ4n) is 1.82. The molecule has 0 heterocycles. The van der Waals surface area contributed by atoms with E-state index in [1.54, 1.807) is 12.1 Å². The van der Waals surface area contributed by atoms with Crippen LogP contribution in [0.4, 0.5) is 5.69 Å². The van der Waals surface area contributed by atoms with Gasteiger partial charge in [0.2, 0.25) is 0 Å². The van der Waals surface area contributed by atoms with Crippen LogP contribution in [0, 0.1) is 13.8 Å². The van der Waals surface area contributed by atoms with Gasteiger partial charge in [-0.1, -0.05) is 12.1 Å². The van der Waals surface area contributed by atoms with Gasteiger partial charge in [-0.05, 0) is 43.2 Å². The van der Waals surface area contributed by atoms with Gasteiger partial charge < -0.3 is 15.5 Å². The Labute approximate surface area is 107 Å². The van der Waals surface area contributed by atoms with Crippen molar-refractivity contribution in [1.82, 2.24) is 0 Å². The van der Waals surface area contributed by atoms with Gasteiger partial charge in [-0.25, -0.2) is 0 Å². The van der Waals surface area contributed by atoms with E-state index in [0.717, 1.165) is 11.3 Å². The molecule has 2 rings (SSSR count). The fraction of sp³-hybridized carbons (Fsp3) is 0.200. The maximum atomic E-state index is 9.69. The molecule has 3 nitrogen and oxygen atoms in total. The first-order valence-corrected chi connectivity index (χ1v) is 5.88. The van der Waals surface area contributed by atoms with Crippen LogP contribution in [0.25, 0.3) is 0 Å². The number of phenolic OH excluding ortho intramolecular Hbond substituents is 2. The van der Waals surface area contributed by atoms with Crippen LogP contribution in [0.3, 0.4) is 0 Å². The number of hydrogen-bond acceptors (Lipinski definition) is 3. The molecule has 0 bridgehead atoms. The van der Waals surface area contributed by atoms with E-state index < -0.39 is 0 Å². The molecule has 0 aliphatic heterocycles. The van der Waals surface area contributed by atoms with E-state index in [2.05, 4.69) is 23.5 Å². The summed E-state index contributed by atoms with van der Waals surface area (Å²) in [6.45, 7) is 4.61. The number of rotatable bonds is 3. The highest BCUT2D eigenvalue weighted by Crippen LogP contribution is 2.24. The first-order chi connectivity index (χ1) is 8.56. The molecule has 0 spiro atoms. The Morgan fingerprint density at radius 2 is 1.78 bits per heavy atom. The third kappa shape index (κ3) is 2.74. The Balaban J connectivity index is 2.13. The molecule has 0 aromatic heterocycles. The van der Waals surface area contributed by atoms with Gasteiger partial charge in [-0.2, -0.15) is 0 Å². The smallest absolute Gasteiger partial charge is 0.124 e. The summed E-state index contributed by atoms with van der Waals surface area (Å²) in [6.07, 6.45) is 0. The van der Waals surface area contributed by atoms with Gasteiger partial charge in [0.1, 0.15) is 11.5 Å². The summed E-state index contributed by atoms with van der Waals surface area (Å²) >= 11 is 0. The van der Waals surface area contributed by atoms with Crippen LogP contribution in [-0.4, -0.2) is 10.2 Å². The molecule has 0 radical (unpaired) electrons. The van der Waals surface area contributed by atoms with Crippen molar-refractivity contribution in [1.29, 1.82) is 0 Å². The van der Waals surface area contributed by atoms with Crippen LogP contribution in [0.5, 0.6) is 11.5 Å². The molecule has 2 aromatic carbocycles. The average Bonchev–Trinajstić information content (AvgIpc) is 2.32. The Morgan fingerprint density at radius 1 is 1.00 bits per heavy atom. The van der Waals surface area contributed by atoms with Crippen LogP contribution in [0.2, 0.25) is 0 Å². The Kier molecular flexibility index (Phi) is 3.42. The third-order valence-electron chi connectivity index (χ3n) is 2.93. The lowest BCUT2D eigenvalue weighted by Crippen LogP contribution is -2.01.